The minimum absolute atomic E-state index is 0.0461. The molecule has 0 aliphatic heterocycles. The lowest BCUT2D eigenvalue weighted by molar-refractivity contribution is -0.117. The highest BCUT2D eigenvalue weighted by Crippen LogP contribution is 2.23. The summed E-state index contributed by atoms with van der Waals surface area (Å²) < 4.78 is 5.07. The summed E-state index contributed by atoms with van der Waals surface area (Å²) in [4.78, 5) is 35.5. The second kappa shape index (κ2) is 10.1. The van der Waals surface area contributed by atoms with Gasteiger partial charge >= 0.3 is 6.09 Å². The fraction of sp³-hybridized carbons (Fsp3) is 0.500. The fourth-order valence-corrected chi connectivity index (χ4v) is 2.03. The number of carbonyl (C=O) groups excluding carboxylic acids is 3. The molecule has 1 aromatic rings. The summed E-state index contributed by atoms with van der Waals surface area (Å²) in [5, 5.41) is 7.94. The van der Waals surface area contributed by atoms with Crippen molar-refractivity contribution in [1.82, 2.24) is 10.6 Å². The molecule has 0 atom stereocenters. The Balaban J connectivity index is 2.46. The van der Waals surface area contributed by atoms with Crippen LogP contribution in [0.25, 0.3) is 0 Å². The van der Waals surface area contributed by atoms with Crippen LogP contribution in [0.5, 0.6) is 0 Å². The van der Waals surface area contributed by atoms with Crippen LogP contribution in [-0.2, 0) is 20.9 Å². The predicted octanol–water partition coefficient (Wildman–Crippen LogP) is 3.76. The minimum Gasteiger partial charge on any atom is -0.444 e. The fourth-order valence-electron chi connectivity index (χ4n) is 2.03. The molecule has 29 heavy (non-hydrogen) atoms. The molecule has 0 radical (unpaired) electrons. The maximum atomic E-state index is 12.0. The molecule has 0 aromatic heterocycles. The first kappa shape index (κ1) is 24.2. The van der Waals surface area contributed by atoms with Crippen LogP contribution in [0.3, 0.4) is 0 Å². The Labute approximate surface area is 173 Å². The Morgan fingerprint density at radius 3 is 2.07 bits per heavy atom. The molecular weight excluding hydrogens is 370 g/mol. The molecule has 7 heteroatoms. The molecule has 3 N–H and O–H groups in total. The molecular formula is C22H33N3O4. The zero-order valence-corrected chi connectivity index (χ0v) is 18.4. The van der Waals surface area contributed by atoms with Gasteiger partial charge in [-0.05, 0) is 50.8 Å². The van der Waals surface area contributed by atoms with E-state index in [1.165, 1.54) is 0 Å². The average Bonchev–Trinajstić information content (AvgIpc) is 2.57. The summed E-state index contributed by atoms with van der Waals surface area (Å²) in [5.41, 5.74) is 1.85. The largest absolute Gasteiger partial charge is 0.444 e. The van der Waals surface area contributed by atoms with Gasteiger partial charge in [-0.3, -0.25) is 9.59 Å². The van der Waals surface area contributed by atoms with Gasteiger partial charge in [-0.25, -0.2) is 4.79 Å². The van der Waals surface area contributed by atoms with E-state index < -0.39 is 11.7 Å². The van der Waals surface area contributed by atoms with Gasteiger partial charge in [0.15, 0.2) is 0 Å². The van der Waals surface area contributed by atoms with Crippen LogP contribution in [0.2, 0.25) is 0 Å². The normalized spacial score (nSPS) is 12.2. The third-order valence-electron chi connectivity index (χ3n) is 4.03. The lowest BCUT2D eigenvalue weighted by Crippen LogP contribution is -2.37. The van der Waals surface area contributed by atoms with Gasteiger partial charge in [0.25, 0.3) is 0 Å². The van der Waals surface area contributed by atoms with Gasteiger partial charge in [0.2, 0.25) is 11.8 Å². The smallest absolute Gasteiger partial charge is 0.408 e. The van der Waals surface area contributed by atoms with Crippen molar-refractivity contribution in [2.75, 3.05) is 11.9 Å². The van der Waals surface area contributed by atoms with Crippen LogP contribution in [0, 0.1) is 5.41 Å². The van der Waals surface area contributed by atoms with Crippen molar-refractivity contribution in [2.24, 2.45) is 5.41 Å². The molecule has 160 valence electrons. The highest BCUT2D eigenvalue weighted by molar-refractivity contribution is 5.93. The molecule has 1 aromatic carbocycles. The number of carbonyl (C=O) groups is 3. The van der Waals surface area contributed by atoms with E-state index in [1.54, 1.807) is 39.0 Å². The highest BCUT2D eigenvalue weighted by Gasteiger charge is 2.16. The Bertz CT molecular complexity index is 754. The van der Waals surface area contributed by atoms with E-state index in [4.69, 9.17) is 4.74 Å². The number of alkyl carbamates (subject to hydrolysis) is 1. The van der Waals surface area contributed by atoms with E-state index in [1.807, 2.05) is 19.1 Å². The van der Waals surface area contributed by atoms with Crippen molar-refractivity contribution < 1.29 is 19.1 Å². The van der Waals surface area contributed by atoms with Gasteiger partial charge in [0, 0.05) is 18.3 Å². The van der Waals surface area contributed by atoms with Gasteiger partial charge in [-0.2, -0.15) is 0 Å². The summed E-state index contributed by atoms with van der Waals surface area (Å²) in [6.07, 6.45) is 0.973. The summed E-state index contributed by atoms with van der Waals surface area (Å²) in [6.45, 7) is 13.6. The van der Waals surface area contributed by atoms with Crippen LogP contribution >= 0.6 is 0 Å². The standard InChI is InChI=1S/C22H33N3O4/c1-15(21(2,3)4)12-18(26)23-13-16-8-10-17(11-9-16)25-19(27)14-24-20(28)29-22(5,6)7/h8-12H,13-14H2,1-7H3,(H,23,26)(H,24,28)(H,25,27)/b15-12+. The number of hydrogen-bond donors (Lipinski definition) is 3. The number of allylic oxidation sites excluding steroid dienone is 1. The van der Waals surface area contributed by atoms with Gasteiger partial charge in [0.1, 0.15) is 12.1 Å². The zero-order chi connectivity index (χ0) is 22.2. The molecule has 0 fully saturated rings. The number of benzene rings is 1. The molecule has 0 spiro atoms. The molecule has 0 aliphatic rings. The Hall–Kier alpha value is -2.83. The molecule has 1 rings (SSSR count). The van der Waals surface area contributed by atoms with Gasteiger partial charge in [-0.1, -0.05) is 38.5 Å². The van der Waals surface area contributed by atoms with Crippen LogP contribution < -0.4 is 16.0 Å². The van der Waals surface area contributed by atoms with Gasteiger partial charge < -0.3 is 20.7 Å². The maximum absolute atomic E-state index is 12.0. The van der Waals surface area contributed by atoms with E-state index in [2.05, 4.69) is 36.7 Å². The topological polar surface area (TPSA) is 96.5 Å². The minimum atomic E-state index is -0.644. The third-order valence-corrected chi connectivity index (χ3v) is 4.03. The third kappa shape index (κ3) is 10.3. The molecule has 0 heterocycles. The number of ether oxygens (including phenoxy) is 1. The number of hydrogen-bond acceptors (Lipinski definition) is 4. The maximum Gasteiger partial charge on any atom is 0.408 e. The molecule has 0 bridgehead atoms. The van der Waals surface area contributed by atoms with Crippen LogP contribution in [-0.4, -0.2) is 30.1 Å². The number of rotatable bonds is 6. The van der Waals surface area contributed by atoms with Crippen LogP contribution in [0.15, 0.2) is 35.9 Å². The quantitative estimate of drug-likeness (QED) is 0.630. The molecule has 0 aliphatic carbocycles. The molecule has 7 nitrogen and oxygen atoms in total. The zero-order valence-electron chi connectivity index (χ0n) is 18.4. The average molecular weight is 404 g/mol. The lowest BCUT2D eigenvalue weighted by Gasteiger charge is -2.19. The summed E-state index contributed by atoms with van der Waals surface area (Å²) in [6, 6.07) is 7.11. The summed E-state index contributed by atoms with van der Waals surface area (Å²) in [7, 11) is 0. The number of amides is 3. The Kier molecular flexibility index (Phi) is 8.42. The van der Waals surface area contributed by atoms with E-state index in [-0.39, 0.29) is 23.8 Å². The predicted molar refractivity (Wildman–Crippen MR) is 114 cm³/mol. The van der Waals surface area contributed by atoms with Crippen molar-refractivity contribution in [3.05, 3.63) is 41.5 Å². The first-order valence-electron chi connectivity index (χ1n) is 9.58. The van der Waals surface area contributed by atoms with E-state index >= 15 is 0 Å². The lowest BCUT2D eigenvalue weighted by atomic mass is 9.87. The van der Waals surface area contributed by atoms with E-state index in [0.717, 1.165) is 11.1 Å². The van der Waals surface area contributed by atoms with E-state index in [9.17, 15) is 14.4 Å². The molecule has 0 saturated carbocycles. The van der Waals surface area contributed by atoms with Crippen molar-refractivity contribution in [3.8, 4) is 0 Å². The second-order valence-electron chi connectivity index (χ2n) is 8.90. The van der Waals surface area contributed by atoms with Crippen LogP contribution in [0.1, 0.15) is 54.0 Å². The Morgan fingerprint density at radius 2 is 1.55 bits per heavy atom. The Morgan fingerprint density at radius 1 is 0.966 bits per heavy atom. The first-order valence-corrected chi connectivity index (χ1v) is 9.58. The van der Waals surface area contributed by atoms with Crippen LogP contribution in [0.4, 0.5) is 10.5 Å². The van der Waals surface area contributed by atoms with Crippen molar-refractivity contribution in [1.29, 1.82) is 0 Å². The molecule has 3 amide bonds. The summed E-state index contributed by atoms with van der Waals surface area (Å²) >= 11 is 0. The highest BCUT2D eigenvalue weighted by atomic mass is 16.6. The monoisotopic (exact) mass is 403 g/mol. The van der Waals surface area contributed by atoms with Crippen molar-refractivity contribution in [2.45, 2.75) is 60.6 Å². The molecule has 0 saturated heterocycles. The molecule has 0 unspecified atom stereocenters. The van der Waals surface area contributed by atoms with Crippen molar-refractivity contribution in [3.63, 3.8) is 0 Å². The van der Waals surface area contributed by atoms with Gasteiger partial charge in [0.05, 0.1) is 0 Å². The van der Waals surface area contributed by atoms with Crippen molar-refractivity contribution >= 4 is 23.6 Å². The first-order chi connectivity index (χ1) is 13.3. The number of anilines is 1. The van der Waals surface area contributed by atoms with E-state index in [0.29, 0.717) is 12.2 Å². The SMILES string of the molecule is C/C(=C\C(=O)NCc1ccc(NC(=O)CNC(=O)OC(C)(C)C)cc1)C(C)(C)C. The van der Waals surface area contributed by atoms with Gasteiger partial charge in [-0.15, -0.1) is 0 Å². The summed E-state index contributed by atoms with van der Waals surface area (Å²) in [5.74, 6) is -0.497. The number of nitrogens with one attached hydrogen (secondary N) is 3. The second-order valence-corrected chi connectivity index (χ2v) is 8.90.